The highest BCUT2D eigenvalue weighted by Crippen LogP contribution is 2.15. The first-order valence-corrected chi connectivity index (χ1v) is 6.19. The molecule has 5 nitrogen and oxygen atoms in total. The molecule has 18 heavy (non-hydrogen) atoms. The fourth-order valence-corrected chi connectivity index (χ4v) is 2.07. The summed E-state index contributed by atoms with van der Waals surface area (Å²) in [5, 5.41) is 0. The SMILES string of the molecule is CC1CN(C(=O)c2ccnc(CN)c2)C(C)CO1. The van der Waals surface area contributed by atoms with E-state index in [0.717, 1.165) is 5.69 Å². The Morgan fingerprint density at radius 3 is 3.11 bits per heavy atom. The van der Waals surface area contributed by atoms with Crippen LogP contribution in [0.4, 0.5) is 0 Å². The second kappa shape index (κ2) is 5.46. The third-order valence-corrected chi connectivity index (χ3v) is 3.14. The van der Waals surface area contributed by atoms with Crippen molar-refractivity contribution in [1.29, 1.82) is 0 Å². The Balaban J connectivity index is 2.18. The molecule has 0 bridgehead atoms. The Morgan fingerprint density at radius 1 is 1.61 bits per heavy atom. The summed E-state index contributed by atoms with van der Waals surface area (Å²) in [5.41, 5.74) is 6.92. The van der Waals surface area contributed by atoms with Crippen LogP contribution in [0.25, 0.3) is 0 Å². The van der Waals surface area contributed by atoms with E-state index in [-0.39, 0.29) is 18.1 Å². The second-order valence-electron chi connectivity index (χ2n) is 4.69. The van der Waals surface area contributed by atoms with Gasteiger partial charge in [-0.25, -0.2) is 0 Å². The lowest BCUT2D eigenvalue weighted by Gasteiger charge is -2.36. The minimum Gasteiger partial charge on any atom is -0.375 e. The summed E-state index contributed by atoms with van der Waals surface area (Å²) in [4.78, 5) is 18.4. The Hall–Kier alpha value is -1.46. The fourth-order valence-electron chi connectivity index (χ4n) is 2.07. The Labute approximate surface area is 107 Å². The van der Waals surface area contributed by atoms with Crippen molar-refractivity contribution >= 4 is 5.91 Å². The number of rotatable bonds is 2. The van der Waals surface area contributed by atoms with Gasteiger partial charge in [0, 0.05) is 24.8 Å². The van der Waals surface area contributed by atoms with Gasteiger partial charge in [0.25, 0.3) is 5.91 Å². The zero-order valence-electron chi connectivity index (χ0n) is 10.8. The lowest BCUT2D eigenvalue weighted by molar-refractivity contribution is -0.0387. The van der Waals surface area contributed by atoms with Crippen LogP contribution in [0, 0.1) is 0 Å². The molecule has 1 amide bonds. The average Bonchev–Trinajstić information content (AvgIpc) is 2.41. The average molecular weight is 249 g/mol. The van der Waals surface area contributed by atoms with Crippen molar-refractivity contribution in [3.63, 3.8) is 0 Å². The van der Waals surface area contributed by atoms with E-state index < -0.39 is 0 Å². The van der Waals surface area contributed by atoms with Crippen LogP contribution in [-0.4, -0.2) is 41.1 Å². The standard InChI is InChI=1S/C13H19N3O2/c1-9-8-18-10(2)7-16(9)13(17)11-3-4-15-12(5-11)6-14/h3-5,9-10H,6-8,14H2,1-2H3. The van der Waals surface area contributed by atoms with Crippen LogP contribution in [0.1, 0.15) is 29.9 Å². The van der Waals surface area contributed by atoms with Gasteiger partial charge in [0.2, 0.25) is 0 Å². The number of hydrogen-bond donors (Lipinski definition) is 1. The highest BCUT2D eigenvalue weighted by molar-refractivity contribution is 5.94. The molecule has 1 saturated heterocycles. The second-order valence-corrected chi connectivity index (χ2v) is 4.69. The molecule has 1 aromatic heterocycles. The van der Waals surface area contributed by atoms with Gasteiger partial charge in [-0.2, -0.15) is 0 Å². The van der Waals surface area contributed by atoms with Crippen molar-refractivity contribution in [1.82, 2.24) is 9.88 Å². The smallest absolute Gasteiger partial charge is 0.254 e. The van der Waals surface area contributed by atoms with Gasteiger partial charge in [0.1, 0.15) is 0 Å². The Kier molecular flexibility index (Phi) is 3.93. The molecule has 2 atom stereocenters. The van der Waals surface area contributed by atoms with E-state index in [1.54, 1.807) is 18.3 Å². The number of nitrogens with two attached hydrogens (primary N) is 1. The van der Waals surface area contributed by atoms with Crippen LogP contribution in [-0.2, 0) is 11.3 Å². The van der Waals surface area contributed by atoms with Crippen molar-refractivity contribution in [2.75, 3.05) is 13.2 Å². The lowest BCUT2D eigenvalue weighted by Crippen LogP contribution is -2.50. The molecular weight excluding hydrogens is 230 g/mol. The number of nitrogens with zero attached hydrogens (tertiary/aromatic N) is 2. The van der Waals surface area contributed by atoms with Crippen LogP contribution in [0.15, 0.2) is 18.3 Å². The van der Waals surface area contributed by atoms with Crippen molar-refractivity contribution in [2.45, 2.75) is 32.5 Å². The number of amides is 1. The highest BCUT2D eigenvalue weighted by Gasteiger charge is 2.28. The molecule has 2 rings (SSSR count). The van der Waals surface area contributed by atoms with E-state index in [2.05, 4.69) is 4.98 Å². The highest BCUT2D eigenvalue weighted by atomic mass is 16.5. The molecule has 1 fully saturated rings. The number of pyridine rings is 1. The molecule has 0 aliphatic carbocycles. The topological polar surface area (TPSA) is 68.5 Å². The molecule has 0 spiro atoms. The van der Waals surface area contributed by atoms with Gasteiger partial charge in [-0.05, 0) is 26.0 Å². The summed E-state index contributed by atoms with van der Waals surface area (Å²) >= 11 is 0. The van der Waals surface area contributed by atoms with Crippen LogP contribution in [0.5, 0.6) is 0 Å². The maximum atomic E-state index is 12.4. The van der Waals surface area contributed by atoms with E-state index in [0.29, 0.717) is 25.3 Å². The van der Waals surface area contributed by atoms with Crippen LogP contribution >= 0.6 is 0 Å². The molecule has 1 aliphatic rings. The van der Waals surface area contributed by atoms with Crippen molar-refractivity contribution < 1.29 is 9.53 Å². The molecule has 5 heteroatoms. The number of aromatic nitrogens is 1. The summed E-state index contributed by atoms with van der Waals surface area (Å²) in [7, 11) is 0. The number of hydrogen-bond acceptors (Lipinski definition) is 4. The van der Waals surface area contributed by atoms with E-state index in [1.807, 2.05) is 18.7 Å². The molecule has 2 unspecified atom stereocenters. The van der Waals surface area contributed by atoms with Gasteiger partial charge < -0.3 is 15.4 Å². The third-order valence-electron chi connectivity index (χ3n) is 3.14. The number of morpholine rings is 1. The largest absolute Gasteiger partial charge is 0.375 e. The molecule has 0 aromatic carbocycles. The van der Waals surface area contributed by atoms with E-state index >= 15 is 0 Å². The zero-order valence-corrected chi connectivity index (χ0v) is 10.8. The third kappa shape index (κ3) is 2.68. The predicted octanol–water partition coefficient (Wildman–Crippen LogP) is 0.790. The maximum Gasteiger partial charge on any atom is 0.254 e. The summed E-state index contributed by atoms with van der Waals surface area (Å²) < 4.78 is 5.53. The van der Waals surface area contributed by atoms with E-state index in [9.17, 15) is 4.79 Å². The van der Waals surface area contributed by atoms with Crippen molar-refractivity contribution in [2.24, 2.45) is 5.73 Å². The molecule has 0 radical (unpaired) electrons. The number of carbonyl (C=O) groups is 1. The van der Waals surface area contributed by atoms with Crippen molar-refractivity contribution in [3.8, 4) is 0 Å². The van der Waals surface area contributed by atoms with Gasteiger partial charge in [-0.1, -0.05) is 0 Å². The first-order chi connectivity index (χ1) is 8.61. The summed E-state index contributed by atoms with van der Waals surface area (Å²) in [6, 6.07) is 3.59. The molecular formula is C13H19N3O2. The predicted molar refractivity (Wildman–Crippen MR) is 68.0 cm³/mol. The molecule has 0 saturated carbocycles. The minimum absolute atomic E-state index is 0.0229. The van der Waals surface area contributed by atoms with E-state index in [1.165, 1.54) is 0 Å². The normalized spacial score (nSPS) is 24.1. The first-order valence-electron chi connectivity index (χ1n) is 6.19. The van der Waals surface area contributed by atoms with Crippen LogP contribution in [0.3, 0.4) is 0 Å². The Morgan fingerprint density at radius 2 is 2.39 bits per heavy atom. The summed E-state index contributed by atoms with van der Waals surface area (Å²) in [5.74, 6) is 0.0229. The molecule has 1 aliphatic heterocycles. The molecule has 2 heterocycles. The maximum absolute atomic E-state index is 12.4. The van der Waals surface area contributed by atoms with Gasteiger partial charge in [-0.3, -0.25) is 9.78 Å². The van der Waals surface area contributed by atoms with E-state index in [4.69, 9.17) is 10.5 Å². The quantitative estimate of drug-likeness (QED) is 0.841. The molecule has 1 aromatic rings. The summed E-state index contributed by atoms with van der Waals surface area (Å²) in [6.07, 6.45) is 1.71. The fraction of sp³-hybridized carbons (Fsp3) is 0.538. The first kappa shape index (κ1) is 13.0. The lowest BCUT2D eigenvalue weighted by atomic mass is 10.1. The van der Waals surface area contributed by atoms with Gasteiger partial charge >= 0.3 is 0 Å². The molecule has 98 valence electrons. The van der Waals surface area contributed by atoms with Crippen LogP contribution < -0.4 is 5.73 Å². The van der Waals surface area contributed by atoms with Gasteiger partial charge in [0.15, 0.2) is 0 Å². The minimum atomic E-state index is 0.0229. The molecule has 2 N–H and O–H groups in total. The van der Waals surface area contributed by atoms with Crippen molar-refractivity contribution in [3.05, 3.63) is 29.6 Å². The summed E-state index contributed by atoms with van der Waals surface area (Å²) in [6.45, 7) is 5.52. The zero-order chi connectivity index (χ0) is 13.1. The van der Waals surface area contributed by atoms with Gasteiger partial charge in [0.05, 0.1) is 24.4 Å². The Bertz CT molecular complexity index is 436. The number of carbonyl (C=O) groups excluding carboxylic acids is 1. The van der Waals surface area contributed by atoms with Gasteiger partial charge in [-0.15, -0.1) is 0 Å². The van der Waals surface area contributed by atoms with Crippen LogP contribution in [0.2, 0.25) is 0 Å². The number of ether oxygens (including phenoxy) is 1. The monoisotopic (exact) mass is 249 g/mol.